The molecule has 1 aliphatic rings. The highest BCUT2D eigenvalue weighted by atomic mass is 16.5. The maximum absolute atomic E-state index is 5.40. The van der Waals surface area contributed by atoms with Crippen molar-refractivity contribution < 1.29 is 4.74 Å². The van der Waals surface area contributed by atoms with Gasteiger partial charge in [-0.25, -0.2) is 4.98 Å². The van der Waals surface area contributed by atoms with Crippen molar-refractivity contribution in [1.82, 2.24) is 9.88 Å². The van der Waals surface area contributed by atoms with E-state index in [2.05, 4.69) is 29.0 Å². The second-order valence-electron chi connectivity index (χ2n) is 5.58. The monoisotopic (exact) mass is 277 g/mol. The second kappa shape index (κ2) is 8.22. The largest absolute Gasteiger partial charge is 0.382 e. The SMILES string of the molecule is CCOCCCN1CC[C@@H](Nc2ccccn2)[C@@H](C)C1. The van der Waals surface area contributed by atoms with Crippen molar-refractivity contribution >= 4 is 5.82 Å². The number of pyridine rings is 1. The number of anilines is 1. The summed E-state index contributed by atoms with van der Waals surface area (Å²) in [5.41, 5.74) is 0. The molecule has 0 aromatic carbocycles. The molecule has 0 spiro atoms. The minimum absolute atomic E-state index is 0.535. The third kappa shape index (κ3) is 4.76. The minimum atomic E-state index is 0.535. The van der Waals surface area contributed by atoms with Gasteiger partial charge in [-0.2, -0.15) is 0 Å². The quantitative estimate of drug-likeness (QED) is 0.778. The predicted molar refractivity (Wildman–Crippen MR) is 83.0 cm³/mol. The van der Waals surface area contributed by atoms with Gasteiger partial charge in [0.1, 0.15) is 5.82 Å². The molecule has 1 fully saturated rings. The summed E-state index contributed by atoms with van der Waals surface area (Å²) in [5, 5.41) is 3.57. The zero-order chi connectivity index (χ0) is 14.2. The molecule has 2 heterocycles. The lowest BCUT2D eigenvalue weighted by molar-refractivity contribution is 0.117. The molecular weight excluding hydrogens is 250 g/mol. The maximum Gasteiger partial charge on any atom is 0.126 e. The summed E-state index contributed by atoms with van der Waals surface area (Å²) in [7, 11) is 0. The fourth-order valence-corrected chi connectivity index (χ4v) is 2.82. The molecule has 1 aromatic rings. The molecule has 1 aliphatic heterocycles. The van der Waals surface area contributed by atoms with E-state index in [4.69, 9.17) is 4.74 Å². The normalized spacial score (nSPS) is 23.7. The van der Waals surface area contributed by atoms with Gasteiger partial charge < -0.3 is 15.0 Å². The van der Waals surface area contributed by atoms with Gasteiger partial charge in [0, 0.05) is 45.1 Å². The minimum Gasteiger partial charge on any atom is -0.382 e. The Balaban J connectivity index is 1.72. The van der Waals surface area contributed by atoms with E-state index in [-0.39, 0.29) is 0 Å². The first-order chi connectivity index (χ1) is 9.79. The van der Waals surface area contributed by atoms with Crippen LogP contribution in [0.2, 0.25) is 0 Å². The van der Waals surface area contributed by atoms with Crippen LogP contribution in [0.5, 0.6) is 0 Å². The fraction of sp³-hybridized carbons (Fsp3) is 0.688. The Labute approximate surface area is 122 Å². The number of piperidine rings is 1. The molecule has 0 saturated carbocycles. The third-order valence-electron chi connectivity index (χ3n) is 3.95. The highest BCUT2D eigenvalue weighted by Gasteiger charge is 2.25. The number of aromatic nitrogens is 1. The highest BCUT2D eigenvalue weighted by Crippen LogP contribution is 2.20. The van der Waals surface area contributed by atoms with Gasteiger partial charge in [-0.3, -0.25) is 0 Å². The first-order valence-electron chi connectivity index (χ1n) is 7.77. The Morgan fingerprint density at radius 3 is 3.05 bits per heavy atom. The highest BCUT2D eigenvalue weighted by molar-refractivity contribution is 5.34. The Hall–Kier alpha value is -1.13. The molecule has 1 N–H and O–H groups in total. The van der Waals surface area contributed by atoms with Gasteiger partial charge in [-0.15, -0.1) is 0 Å². The third-order valence-corrected chi connectivity index (χ3v) is 3.95. The van der Waals surface area contributed by atoms with Gasteiger partial charge >= 0.3 is 0 Å². The summed E-state index contributed by atoms with van der Waals surface area (Å²) in [4.78, 5) is 6.91. The second-order valence-corrected chi connectivity index (χ2v) is 5.58. The number of rotatable bonds is 7. The van der Waals surface area contributed by atoms with Crippen LogP contribution < -0.4 is 5.32 Å². The molecule has 0 radical (unpaired) electrons. The van der Waals surface area contributed by atoms with Crippen LogP contribution in [0.1, 0.15) is 26.7 Å². The van der Waals surface area contributed by atoms with E-state index in [9.17, 15) is 0 Å². The zero-order valence-electron chi connectivity index (χ0n) is 12.7. The Morgan fingerprint density at radius 1 is 1.45 bits per heavy atom. The number of hydrogen-bond acceptors (Lipinski definition) is 4. The topological polar surface area (TPSA) is 37.4 Å². The van der Waals surface area contributed by atoms with Crippen LogP contribution in [-0.4, -0.2) is 48.8 Å². The molecule has 1 aromatic heterocycles. The number of nitrogens with zero attached hydrogens (tertiary/aromatic N) is 2. The summed E-state index contributed by atoms with van der Waals surface area (Å²) in [6.45, 7) is 9.58. The van der Waals surface area contributed by atoms with Crippen molar-refractivity contribution in [2.24, 2.45) is 5.92 Å². The standard InChI is InChI=1S/C16H27N3O/c1-3-20-12-6-10-19-11-8-15(14(2)13-19)18-16-7-4-5-9-17-16/h4-5,7,9,14-15H,3,6,8,10-13H2,1-2H3,(H,17,18)/t14-,15+/m0/s1. The van der Waals surface area contributed by atoms with Gasteiger partial charge in [0.15, 0.2) is 0 Å². The molecule has 0 bridgehead atoms. The van der Waals surface area contributed by atoms with E-state index in [0.29, 0.717) is 12.0 Å². The van der Waals surface area contributed by atoms with Crippen molar-refractivity contribution in [1.29, 1.82) is 0 Å². The molecule has 4 nitrogen and oxygen atoms in total. The Bertz CT molecular complexity index is 371. The first kappa shape index (κ1) is 15.3. The number of ether oxygens (including phenoxy) is 1. The van der Waals surface area contributed by atoms with Crippen molar-refractivity contribution in [2.45, 2.75) is 32.7 Å². The maximum atomic E-state index is 5.40. The Kier molecular flexibility index (Phi) is 6.27. The average molecular weight is 277 g/mol. The molecular formula is C16H27N3O. The molecule has 2 atom stereocenters. The summed E-state index contributed by atoms with van der Waals surface area (Å²) in [5.74, 6) is 1.65. The van der Waals surface area contributed by atoms with Crippen molar-refractivity contribution in [3.8, 4) is 0 Å². The number of hydrogen-bond donors (Lipinski definition) is 1. The first-order valence-corrected chi connectivity index (χ1v) is 7.77. The molecule has 0 aliphatic carbocycles. The van der Waals surface area contributed by atoms with Crippen LogP contribution in [0.3, 0.4) is 0 Å². The van der Waals surface area contributed by atoms with Gasteiger partial charge in [-0.1, -0.05) is 13.0 Å². The summed E-state index contributed by atoms with van der Waals surface area (Å²) >= 11 is 0. The zero-order valence-corrected chi connectivity index (χ0v) is 12.7. The smallest absolute Gasteiger partial charge is 0.126 e. The Morgan fingerprint density at radius 2 is 2.35 bits per heavy atom. The average Bonchev–Trinajstić information content (AvgIpc) is 2.47. The lowest BCUT2D eigenvalue weighted by atomic mass is 9.93. The van der Waals surface area contributed by atoms with Gasteiger partial charge in [0.05, 0.1) is 0 Å². The van der Waals surface area contributed by atoms with Crippen LogP contribution in [0.4, 0.5) is 5.82 Å². The molecule has 20 heavy (non-hydrogen) atoms. The van der Waals surface area contributed by atoms with Crippen molar-refractivity contribution in [2.75, 3.05) is 38.2 Å². The molecule has 112 valence electrons. The summed E-state index contributed by atoms with van der Waals surface area (Å²) < 4.78 is 5.40. The van der Waals surface area contributed by atoms with E-state index in [1.54, 1.807) is 0 Å². The molecule has 0 amide bonds. The van der Waals surface area contributed by atoms with E-state index in [1.165, 1.54) is 13.0 Å². The van der Waals surface area contributed by atoms with E-state index < -0.39 is 0 Å². The van der Waals surface area contributed by atoms with Crippen LogP contribution in [0.15, 0.2) is 24.4 Å². The molecule has 2 rings (SSSR count). The van der Waals surface area contributed by atoms with E-state index in [0.717, 1.165) is 38.5 Å². The summed E-state index contributed by atoms with van der Waals surface area (Å²) in [6, 6.07) is 6.56. The van der Waals surface area contributed by atoms with Crippen LogP contribution >= 0.6 is 0 Å². The van der Waals surface area contributed by atoms with Crippen LogP contribution in [-0.2, 0) is 4.74 Å². The lowest BCUT2D eigenvalue weighted by Crippen LogP contribution is -2.45. The van der Waals surface area contributed by atoms with Crippen molar-refractivity contribution in [3.63, 3.8) is 0 Å². The van der Waals surface area contributed by atoms with Gasteiger partial charge in [0.25, 0.3) is 0 Å². The fourth-order valence-electron chi connectivity index (χ4n) is 2.82. The van der Waals surface area contributed by atoms with Gasteiger partial charge in [-0.05, 0) is 37.8 Å². The molecule has 4 heteroatoms. The van der Waals surface area contributed by atoms with Crippen LogP contribution in [0.25, 0.3) is 0 Å². The summed E-state index contributed by atoms with van der Waals surface area (Å²) in [6.07, 6.45) is 4.17. The lowest BCUT2D eigenvalue weighted by Gasteiger charge is -2.37. The number of likely N-dealkylation sites (tertiary alicyclic amines) is 1. The molecule has 1 saturated heterocycles. The van der Waals surface area contributed by atoms with Crippen molar-refractivity contribution in [3.05, 3.63) is 24.4 Å². The van der Waals surface area contributed by atoms with E-state index >= 15 is 0 Å². The molecule has 0 unspecified atom stereocenters. The number of nitrogens with one attached hydrogen (secondary N) is 1. The van der Waals surface area contributed by atoms with Gasteiger partial charge in [0.2, 0.25) is 0 Å². The van der Waals surface area contributed by atoms with E-state index in [1.807, 2.05) is 24.4 Å². The predicted octanol–water partition coefficient (Wildman–Crippen LogP) is 2.63. The van der Waals surface area contributed by atoms with Crippen LogP contribution in [0, 0.1) is 5.92 Å².